The van der Waals surface area contributed by atoms with Crippen molar-refractivity contribution < 1.29 is 9.90 Å². The van der Waals surface area contributed by atoms with Crippen LogP contribution < -0.4 is 0 Å². The molecule has 1 rings (SSSR count). The summed E-state index contributed by atoms with van der Waals surface area (Å²) in [5, 5.41) is 9.36. The SMILES string of the molecule is O=Cc1c(Br)ccc(Cl)c1O. The normalized spacial score (nSPS) is 9.64. The summed E-state index contributed by atoms with van der Waals surface area (Å²) < 4.78 is 0.536. The molecular formula is C7H4BrClO2. The molecule has 1 N–H and O–H groups in total. The third kappa shape index (κ3) is 1.54. The fraction of sp³-hybridized carbons (Fsp3) is 0. The molecule has 0 spiro atoms. The second-order valence-electron chi connectivity index (χ2n) is 1.91. The lowest BCUT2D eigenvalue weighted by atomic mass is 10.2. The van der Waals surface area contributed by atoms with Crippen LogP contribution in [0.3, 0.4) is 0 Å². The minimum Gasteiger partial charge on any atom is -0.506 e. The summed E-state index contributed by atoms with van der Waals surface area (Å²) in [4.78, 5) is 10.4. The van der Waals surface area contributed by atoms with Crippen LogP contribution in [0.1, 0.15) is 10.4 Å². The van der Waals surface area contributed by atoms with E-state index >= 15 is 0 Å². The standard InChI is InChI=1S/C7H4BrClO2/c8-5-1-2-6(9)7(11)4(5)3-10/h1-3,11H. The van der Waals surface area contributed by atoms with Gasteiger partial charge in [0.1, 0.15) is 5.75 Å². The average Bonchev–Trinajstić information content (AvgIpc) is 1.99. The summed E-state index contributed by atoms with van der Waals surface area (Å²) in [6.07, 6.45) is 0.547. The van der Waals surface area contributed by atoms with Crippen LogP contribution in [-0.2, 0) is 0 Å². The van der Waals surface area contributed by atoms with Gasteiger partial charge in [-0.3, -0.25) is 4.79 Å². The minimum absolute atomic E-state index is 0.176. The Hall–Kier alpha value is -0.540. The van der Waals surface area contributed by atoms with Crippen LogP contribution in [0.25, 0.3) is 0 Å². The zero-order valence-electron chi connectivity index (χ0n) is 5.34. The van der Waals surface area contributed by atoms with Crippen LogP contribution >= 0.6 is 27.5 Å². The first kappa shape index (κ1) is 8.56. The molecule has 0 saturated heterocycles. The Morgan fingerprint density at radius 1 is 1.55 bits per heavy atom. The highest BCUT2D eigenvalue weighted by Crippen LogP contribution is 2.31. The maximum absolute atomic E-state index is 10.4. The van der Waals surface area contributed by atoms with E-state index in [0.717, 1.165) is 0 Å². The van der Waals surface area contributed by atoms with Crippen molar-refractivity contribution >= 4 is 33.8 Å². The van der Waals surface area contributed by atoms with Crippen LogP contribution in [0.2, 0.25) is 5.02 Å². The van der Waals surface area contributed by atoms with E-state index in [9.17, 15) is 9.90 Å². The van der Waals surface area contributed by atoms with Crippen molar-refractivity contribution in [3.8, 4) is 5.75 Å². The summed E-state index contributed by atoms with van der Waals surface area (Å²) in [5.74, 6) is -0.184. The summed E-state index contributed by atoms with van der Waals surface area (Å²) in [6.45, 7) is 0. The molecule has 0 radical (unpaired) electrons. The van der Waals surface area contributed by atoms with Crippen LogP contribution in [0, 0.1) is 0 Å². The molecule has 58 valence electrons. The van der Waals surface area contributed by atoms with Crippen molar-refractivity contribution in [1.29, 1.82) is 0 Å². The molecule has 1 aromatic carbocycles. The Bertz CT molecular complexity index is 299. The lowest BCUT2D eigenvalue weighted by Crippen LogP contribution is -1.83. The van der Waals surface area contributed by atoms with Gasteiger partial charge in [0, 0.05) is 4.47 Å². The monoisotopic (exact) mass is 234 g/mol. The Morgan fingerprint density at radius 2 is 2.18 bits per heavy atom. The second kappa shape index (κ2) is 3.24. The average molecular weight is 235 g/mol. The number of phenols is 1. The molecule has 0 aromatic heterocycles. The van der Waals surface area contributed by atoms with E-state index in [4.69, 9.17) is 11.6 Å². The molecule has 11 heavy (non-hydrogen) atoms. The number of rotatable bonds is 1. The van der Waals surface area contributed by atoms with Gasteiger partial charge in [0.15, 0.2) is 6.29 Å². The highest BCUT2D eigenvalue weighted by atomic mass is 79.9. The van der Waals surface area contributed by atoms with Crippen molar-refractivity contribution in [3.63, 3.8) is 0 Å². The number of carbonyl (C=O) groups is 1. The largest absolute Gasteiger partial charge is 0.506 e. The Balaban J connectivity index is 3.40. The van der Waals surface area contributed by atoms with E-state index in [0.29, 0.717) is 10.8 Å². The predicted molar refractivity (Wildman–Crippen MR) is 46.2 cm³/mol. The van der Waals surface area contributed by atoms with Gasteiger partial charge in [0.25, 0.3) is 0 Å². The zero-order chi connectivity index (χ0) is 8.43. The fourth-order valence-electron chi connectivity index (χ4n) is 0.669. The van der Waals surface area contributed by atoms with Crippen LogP contribution in [0.4, 0.5) is 0 Å². The van der Waals surface area contributed by atoms with Crippen LogP contribution in [-0.4, -0.2) is 11.4 Å². The topological polar surface area (TPSA) is 37.3 Å². The molecule has 0 fully saturated rings. The van der Waals surface area contributed by atoms with Gasteiger partial charge in [0.2, 0.25) is 0 Å². The highest BCUT2D eigenvalue weighted by molar-refractivity contribution is 9.10. The van der Waals surface area contributed by atoms with Gasteiger partial charge in [0.05, 0.1) is 10.6 Å². The zero-order valence-corrected chi connectivity index (χ0v) is 7.69. The Labute approximate surface area is 76.9 Å². The van der Waals surface area contributed by atoms with Crippen molar-refractivity contribution in [2.24, 2.45) is 0 Å². The lowest BCUT2D eigenvalue weighted by Gasteiger charge is -2.00. The van der Waals surface area contributed by atoms with Gasteiger partial charge in [-0.15, -0.1) is 0 Å². The number of hydrogen-bond acceptors (Lipinski definition) is 2. The lowest BCUT2D eigenvalue weighted by molar-refractivity contribution is 0.112. The molecule has 0 unspecified atom stereocenters. The van der Waals surface area contributed by atoms with Gasteiger partial charge in [-0.25, -0.2) is 0 Å². The van der Waals surface area contributed by atoms with Gasteiger partial charge in [-0.1, -0.05) is 11.6 Å². The summed E-state index contributed by atoms with van der Waals surface area (Å²) >= 11 is 8.63. The number of benzene rings is 1. The quantitative estimate of drug-likeness (QED) is 0.760. The van der Waals surface area contributed by atoms with E-state index in [1.54, 1.807) is 6.07 Å². The van der Waals surface area contributed by atoms with Crippen LogP contribution in [0.5, 0.6) is 5.75 Å². The summed E-state index contributed by atoms with van der Waals surface area (Å²) in [6, 6.07) is 3.11. The number of hydrogen-bond donors (Lipinski definition) is 1. The molecule has 0 aliphatic carbocycles. The van der Waals surface area contributed by atoms with E-state index in [-0.39, 0.29) is 16.3 Å². The first-order chi connectivity index (χ1) is 5.16. The summed E-state index contributed by atoms with van der Waals surface area (Å²) in [5.41, 5.74) is 0.178. The third-order valence-electron chi connectivity index (χ3n) is 1.23. The van der Waals surface area contributed by atoms with E-state index < -0.39 is 0 Å². The van der Waals surface area contributed by atoms with Crippen LogP contribution in [0.15, 0.2) is 16.6 Å². The van der Waals surface area contributed by atoms with Crippen molar-refractivity contribution in [3.05, 3.63) is 27.2 Å². The third-order valence-corrected chi connectivity index (χ3v) is 2.23. The van der Waals surface area contributed by atoms with E-state index in [1.165, 1.54) is 6.07 Å². The Morgan fingerprint density at radius 3 is 2.64 bits per heavy atom. The molecule has 0 saturated carbocycles. The number of phenolic OH excluding ortho intramolecular Hbond substituents is 1. The first-order valence-corrected chi connectivity index (χ1v) is 3.96. The second-order valence-corrected chi connectivity index (χ2v) is 3.17. The maximum Gasteiger partial charge on any atom is 0.154 e. The van der Waals surface area contributed by atoms with E-state index in [2.05, 4.69) is 15.9 Å². The number of carbonyl (C=O) groups excluding carboxylic acids is 1. The molecule has 2 nitrogen and oxygen atoms in total. The van der Waals surface area contributed by atoms with Gasteiger partial charge < -0.3 is 5.11 Å². The Kier molecular flexibility index (Phi) is 2.52. The number of aromatic hydroxyl groups is 1. The first-order valence-electron chi connectivity index (χ1n) is 2.79. The summed E-state index contributed by atoms with van der Waals surface area (Å²) in [7, 11) is 0. The molecule has 0 aliphatic heterocycles. The molecule has 0 heterocycles. The molecule has 0 amide bonds. The number of halogens is 2. The smallest absolute Gasteiger partial charge is 0.154 e. The number of aldehydes is 1. The van der Waals surface area contributed by atoms with Gasteiger partial charge in [-0.05, 0) is 28.1 Å². The molecule has 0 atom stereocenters. The van der Waals surface area contributed by atoms with Gasteiger partial charge in [-0.2, -0.15) is 0 Å². The van der Waals surface area contributed by atoms with Crippen molar-refractivity contribution in [1.82, 2.24) is 0 Å². The fourth-order valence-corrected chi connectivity index (χ4v) is 1.25. The van der Waals surface area contributed by atoms with Gasteiger partial charge >= 0.3 is 0 Å². The molecule has 0 bridgehead atoms. The molecule has 4 heteroatoms. The van der Waals surface area contributed by atoms with Crippen molar-refractivity contribution in [2.45, 2.75) is 0 Å². The highest BCUT2D eigenvalue weighted by Gasteiger charge is 2.07. The van der Waals surface area contributed by atoms with Crippen molar-refractivity contribution in [2.75, 3.05) is 0 Å². The minimum atomic E-state index is -0.184. The molecule has 1 aromatic rings. The van der Waals surface area contributed by atoms with E-state index in [1.807, 2.05) is 0 Å². The molecular weight excluding hydrogens is 231 g/mol. The maximum atomic E-state index is 10.4. The molecule has 0 aliphatic rings. The predicted octanol–water partition coefficient (Wildman–Crippen LogP) is 2.62.